The van der Waals surface area contributed by atoms with Crippen LogP contribution >= 0.6 is 12.4 Å². The third-order valence-corrected chi connectivity index (χ3v) is 3.57. The quantitative estimate of drug-likeness (QED) is 0.605. The average Bonchev–Trinajstić information content (AvgIpc) is 2.52. The van der Waals surface area contributed by atoms with E-state index in [1.165, 1.54) is 4.90 Å². The Kier molecular flexibility index (Phi) is 7.42. The summed E-state index contributed by atoms with van der Waals surface area (Å²) in [5, 5.41) is 0. The molecule has 7 heteroatoms. The Morgan fingerprint density at radius 2 is 1.84 bits per heavy atom. The van der Waals surface area contributed by atoms with Gasteiger partial charge in [0.2, 0.25) is 0 Å². The molecule has 1 amide bonds. The number of carbonyl (C=O) groups excluding carboxylic acids is 3. The van der Waals surface area contributed by atoms with E-state index in [-0.39, 0.29) is 44.3 Å². The summed E-state index contributed by atoms with van der Waals surface area (Å²) in [6.07, 6.45) is -0.399. The molecular formula is C18H24ClNO5. The van der Waals surface area contributed by atoms with Crippen LogP contribution in [0.5, 0.6) is 0 Å². The third kappa shape index (κ3) is 6.38. The number of Topliss-reactive ketones (excluding diaryl/α,β-unsaturated/α-hetero) is 1. The van der Waals surface area contributed by atoms with Crippen LogP contribution in [0.15, 0.2) is 30.3 Å². The lowest BCUT2D eigenvalue weighted by molar-refractivity contribution is -0.163. The second kappa shape index (κ2) is 8.85. The van der Waals surface area contributed by atoms with Gasteiger partial charge in [0, 0.05) is 19.5 Å². The van der Waals surface area contributed by atoms with Gasteiger partial charge in [0.05, 0.1) is 0 Å². The number of nitrogens with zero attached hydrogens (tertiary/aromatic N) is 1. The topological polar surface area (TPSA) is 72.9 Å². The highest BCUT2D eigenvalue weighted by atomic mass is 35.5. The molecule has 25 heavy (non-hydrogen) atoms. The van der Waals surface area contributed by atoms with Gasteiger partial charge in [-0.3, -0.25) is 9.59 Å². The highest BCUT2D eigenvalue weighted by molar-refractivity contribution is 6.00. The molecule has 1 saturated heterocycles. The van der Waals surface area contributed by atoms with Gasteiger partial charge in [-0.05, 0) is 26.3 Å². The molecule has 2 rings (SSSR count). The maximum Gasteiger partial charge on any atom is 0.410 e. The summed E-state index contributed by atoms with van der Waals surface area (Å²) < 4.78 is 10.5. The zero-order valence-electron chi connectivity index (χ0n) is 14.7. The van der Waals surface area contributed by atoms with Crippen molar-refractivity contribution in [3.8, 4) is 0 Å². The van der Waals surface area contributed by atoms with Crippen molar-refractivity contribution < 1.29 is 23.9 Å². The monoisotopic (exact) mass is 369 g/mol. The molecule has 1 atom stereocenters. The molecule has 0 saturated carbocycles. The van der Waals surface area contributed by atoms with Crippen molar-refractivity contribution in [2.75, 3.05) is 13.1 Å². The second-order valence-corrected chi connectivity index (χ2v) is 6.79. The Bertz CT molecular complexity index is 612. The smallest absolute Gasteiger partial charge is 0.410 e. The highest BCUT2D eigenvalue weighted by Gasteiger charge is 2.37. The molecule has 0 bridgehead atoms. The van der Waals surface area contributed by atoms with Gasteiger partial charge in [-0.15, -0.1) is 12.4 Å². The van der Waals surface area contributed by atoms with Gasteiger partial charge in [0.15, 0.2) is 5.78 Å². The maximum atomic E-state index is 12.2. The van der Waals surface area contributed by atoms with Gasteiger partial charge < -0.3 is 14.4 Å². The second-order valence-electron chi connectivity index (χ2n) is 6.79. The summed E-state index contributed by atoms with van der Waals surface area (Å²) in [5.41, 5.74) is 0.204. The summed E-state index contributed by atoms with van der Waals surface area (Å²) in [5.74, 6) is -1.73. The first-order valence-electron chi connectivity index (χ1n) is 7.97. The molecule has 0 N–H and O–H groups in total. The van der Waals surface area contributed by atoms with Crippen molar-refractivity contribution in [2.45, 2.75) is 39.4 Å². The predicted molar refractivity (Wildman–Crippen MR) is 94.4 cm³/mol. The SMILES string of the molecule is CC(C)(C)OC(=O)C1CN(C(=O)OCc2ccccc2)CCC1=O.Cl. The zero-order valence-corrected chi connectivity index (χ0v) is 15.5. The van der Waals surface area contributed by atoms with Gasteiger partial charge in [0.1, 0.15) is 18.1 Å². The fourth-order valence-corrected chi connectivity index (χ4v) is 2.39. The average molecular weight is 370 g/mol. The molecule has 138 valence electrons. The molecule has 1 aromatic carbocycles. The lowest BCUT2D eigenvalue weighted by atomic mass is 9.96. The van der Waals surface area contributed by atoms with Crippen LogP contribution in [0.4, 0.5) is 4.79 Å². The van der Waals surface area contributed by atoms with Crippen LogP contribution in [-0.2, 0) is 25.7 Å². The zero-order chi connectivity index (χ0) is 17.7. The Balaban J connectivity index is 0.00000312. The molecule has 0 spiro atoms. The molecule has 0 aromatic heterocycles. The maximum absolute atomic E-state index is 12.2. The van der Waals surface area contributed by atoms with Crippen LogP contribution in [0, 0.1) is 5.92 Å². The van der Waals surface area contributed by atoms with Crippen LogP contribution in [0.25, 0.3) is 0 Å². The minimum absolute atomic E-state index is 0. The standard InChI is InChI=1S/C18H23NO5.ClH/c1-18(2,3)24-16(21)14-11-19(10-9-15(14)20)17(22)23-12-13-7-5-4-6-8-13;/h4-8,14H,9-12H2,1-3H3;1H. The van der Waals surface area contributed by atoms with Crippen LogP contribution in [-0.4, -0.2) is 41.4 Å². The van der Waals surface area contributed by atoms with E-state index in [0.29, 0.717) is 0 Å². The Hall–Kier alpha value is -2.08. The number of amides is 1. The summed E-state index contributed by atoms with van der Waals surface area (Å²) in [6.45, 7) is 5.63. The van der Waals surface area contributed by atoms with Crippen LogP contribution in [0.1, 0.15) is 32.8 Å². The molecule has 1 fully saturated rings. The van der Waals surface area contributed by atoms with E-state index >= 15 is 0 Å². The molecule has 1 aliphatic rings. The fourth-order valence-electron chi connectivity index (χ4n) is 2.39. The van der Waals surface area contributed by atoms with Gasteiger partial charge in [-0.2, -0.15) is 0 Å². The van der Waals surface area contributed by atoms with Crippen molar-refractivity contribution in [1.82, 2.24) is 4.90 Å². The van der Waals surface area contributed by atoms with Crippen molar-refractivity contribution in [1.29, 1.82) is 0 Å². The fraction of sp³-hybridized carbons (Fsp3) is 0.500. The molecule has 6 nitrogen and oxygen atoms in total. The van der Waals surface area contributed by atoms with Crippen molar-refractivity contribution in [3.63, 3.8) is 0 Å². The van der Waals surface area contributed by atoms with Gasteiger partial charge in [0.25, 0.3) is 0 Å². The summed E-state index contributed by atoms with van der Waals surface area (Å²) in [7, 11) is 0. The number of carbonyl (C=O) groups is 3. The minimum Gasteiger partial charge on any atom is -0.459 e. The normalized spacial score (nSPS) is 17.5. The van der Waals surface area contributed by atoms with Gasteiger partial charge in [-0.1, -0.05) is 30.3 Å². The van der Waals surface area contributed by atoms with E-state index in [0.717, 1.165) is 5.56 Å². The first-order chi connectivity index (χ1) is 11.3. The number of ketones is 1. The lowest BCUT2D eigenvalue weighted by Crippen LogP contribution is -2.48. The number of halogens is 1. The van der Waals surface area contributed by atoms with E-state index in [1.54, 1.807) is 20.8 Å². The van der Waals surface area contributed by atoms with Crippen molar-refractivity contribution in [2.24, 2.45) is 5.92 Å². The minimum atomic E-state index is -0.942. The number of piperidine rings is 1. The number of hydrogen-bond donors (Lipinski definition) is 0. The molecular weight excluding hydrogens is 346 g/mol. The first-order valence-corrected chi connectivity index (χ1v) is 7.97. The summed E-state index contributed by atoms with van der Waals surface area (Å²) >= 11 is 0. The number of benzene rings is 1. The predicted octanol–water partition coefficient (Wildman–Crippen LogP) is 2.98. The first kappa shape index (κ1) is 21.0. The molecule has 0 radical (unpaired) electrons. The number of hydrogen-bond acceptors (Lipinski definition) is 5. The van der Waals surface area contributed by atoms with Crippen LogP contribution in [0.3, 0.4) is 0 Å². The Morgan fingerprint density at radius 3 is 2.44 bits per heavy atom. The Morgan fingerprint density at radius 1 is 1.20 bits per heavy atom. The molecule has 0 aliphatic carbocycles. The number of esters is 1. The van der Waals surface area contributed by atoms with E-state index in [1.807, 2.05) is 30.3 Å². The van der Waals surface area contributed by atoms with Gasteiger partial charge >= 0.3 is 12.1 Å². The van der Waals surface area contributed by atoms with Crippen LogP contribution in [0.2, 0.25) is 0 Å². The van der Waals surface area contributed by atoms with Crippen LogP contribution < -0.4 is 0 Å². The van der Waals surface area contributed by atoms with Crippen molar-refractivity contribution in [3.05, 3.63) is 35.9 Å². The largest absolute Gasteiger partial charge is 0.459 e. The number of likely N-dealkylation sites (tertiary alicyclic amines) is 1. The summed E-state index contributed by atoms with van der Waals surface area (Å²) in [4.78, 5) is 37.7. The third-order valence-electron chi connectivity index (χ3n) is 3.57. The molecule has 1 unspecified atom stereocenters. The van der Waals surface area contributed by atoms with Crippen molar-refractivity contribution >= 4 is 30.3 Å². The van der Waals surface area contributed by atoms with E-state index in [4.69, 9.17) is 9.47 Å². The lowest BCUT2D eigenvalue weighted by Gasteiger charge is -2.31. The number of ether oxygens (including phenoxy) is 2. The van der Waals surface area contributed by atoms with E-state index in [2.05, 4.69) is 0 Å². The van der Waals surface area contributed by atoms with Gasteiger partial charge in [-0.25, -0.2) is 4.79 Å². The Labute approximate surface area is 153 Å². The summed E-state index contributed by atoms with van der Waals surface area (Å²) in [6, 6.07) is 9.32. The van der Waals surface area contributed by atoms with E-state index < -0.39 is 23.6 Å². The van der Waals surface area contributed by atoms with E-state index in [9.17, 15) is 14.4 Å². The molecule has 1 heterocycles. The molecule has 1 aromatic rings. The number of rotatable bonds is 3. The molecule has 1 aliphatic heterocycles. The highest BCUT2D eigenvalue weighted by Crippen LogP contribution is 2.19.